The van der Waals surface area contributed by atoms with Gasteiger partial charge in [0.15, 0.2) is 11.5 Å². The minimum absolute atomic E-state index is 0.0587. The predicted octanol–water partition coefficient (Wildman–Crippen LogP) is 2.30. The van der Waals surface area contributed by atoms with Crippen LogP contribution in [0.1, 0.15) is 31.7 Å². The third kappa shape index (κ3) is 3.84. The number of fused-ring (bicyclic) bond motifs is 1. The highest BCUT2D eigenvalue weighted by Gasteiger charge is 2.33. The lowest BCUT2D eigenvalue weighted by Crippen LogP contribution is -2.55. The van der Waals surface area contributed by atoms with E-state index in [2.05, 4.69) is 11.8 Å². The quantitative estimate of drug-likeness (QED) is 0.790. The SMILES string of the molecule is CCCC[C@@H]1C(=O)N(C)CCN1Cc1cc2c(cc1OC)OCCO2. The highest BCUT2D eigenvalue weighted by molar-refractivity contribution is 5.82. The van der Waals surface area contributed by atoms with Gasteiger partial charge in [0.2, 0.25) is 5.91 Å². The van der Waals surface area contributed by atoms with Crippen LogP contribution < -0.4 is 14.2 Å². The number of hydrogen-bond acceptors (Lipinski definition) is 5. The van der Waals surface area contributed by atoms with E-state index in [1.807, 2.05) is 24.1 Å². The number of ether oxygens (including phenoxy) is 3. The summed E-state index contributed by atoms with van der Waals surface area (Å²) in [6.07, 6.45) is 3.04. The van der Waals surface area contributed by atoms with Gasteiger partial charge in [0.25, 0.3) is 0 Å². The Kier molecular flexibility index (Phi) is 5.68. The van der Waals surface area contributed by atoms with Gasteiger partial charge in [-0.15, -0.1) is 0 Å². The van der Waals surface area contributed by atoms with Crippen molar-refractivity contribution in [3.63, 3.8) is 0 Å². The Hall–Kier alpha value is -1.95. The monoisotopic (exact) mass is 348 g/mol. The molecular weight excluding hydrogens is 320 g/mol. The van der Waals surface area contributed by atoms with Gasteiger partial charge in [-0.05, 0) is 12.5 Å². The van der Waals surface area contributed by atoms with E-state index in [0.717, 1.165) is 55.2 Å². The molecule has 138 valence electrons. The summed E-state index contributed by atoms with van der Waals surface area (Å²) in [7, 11) is 3.56. The third-order valence-electron chi connectivity index (χ3n) is 4.97. The molecule has 2 heterocycles. The van der Waals surface area contributed by atoms with Crippen molar-refractivity contribution in [3.05, 3.63) is 17.7 Å². The molecular formula is C19H28N2O4. The van der Waals surface area contributed by atoms with E-state index in [4.69, 9.17) is 14.2 Å². The minimum atomic E-state index is -0.0587. The van der Waals surface area contributed by atoms with Crippen molar-refractivity contribution in [1.82, 2.24) is 9.80 Å². The fraction of sp³-hybridized carbons (Fsp3) is 0.632. The standard InChI is InChI=1S/C19H28N2O4/c1-4-5-6-15-19(22)20(2)7-8-21(15)13-14-11-17-18(12-16(14)23-3)25-10-9-24-17/h11-12,15H,4-10,13H2,1-3H3/t15-/m1/s1. The van der Waals surface area contributed by atoms with Crippen LogP contribution in [0.5, 0.6) is 17.2 Å². The van der Waals surface area contributed by atoms with E-state index in [0.29, 0.717) is 19.8 Å². The van der Waals surface area contributed by atoms with Crippen molar-refractivity contribution in [3.8, 4) is 17.2 Å². The molecule has 6 heteroatoms. The van der Waals surface area contributed by atoms with Gasteiger partial charge in [-0.25, -0.2) is 0 Å². The zero-order valence-corrected chi connectivity index (χ0v) is 15.4. The number of carbonyl (C=O) groups excluding carboxylic acids is 1. The number of rotatable bonds is 6. The third-order valence-corrected chi connectivity index (χ3v) is 4.97. The number of carbonyl (C=O) groups is 1. The van der Waals surface area contributed by atoms with Crippen molar-refractivity contribution in [2.45, 2.75) is 38.8 Å². The lowest BCUT2D eigenvalue weighted by molar-refractivity contribution is -0.140. The molecule has 0 saturated carbocycles. The Morgan fingerprint density at radius 2 is 1.92 bits per heavy atom. The summed E-state index contributed by atoms with van der Waals surface area (Å²) >= 11 is 0. The molecule has 1 saturated heterocycles. The summed E-state index contributed by atoms with van der Waals surface area (Å²) in [6, 6.07) is 3.83. The minimum Gasteiger partial charge on any atom is -0.496 e. The Morgan fingerprint density at radius 1 is 1.20 bits per heavy atom. The molecule has 1 amide bonds. The normalized spacial score (nSPS) is 20.7. The van der Waals surface area contributed by atoms with Crippen LogP contribution in [0.15, 0.2) is 12.1 Å². The molecule has 0 aromatic heterocycles. The second-order valence-corrected chi connectivity index (χ2v) is 6.70. The highest BCUT2D eigenvalue weighted by Crippen LogP contribution is 2.37. The fourth-order valence-electron chi connectivity index (χ4n) is 3.49. The molecule has 1 fully saturated rings. The molecule has 1 aromatic carbocycles. The summed E-state index contributed by atoms with van der Waals surface area (Å²) in [6.45, 7) is 5.58. The second kappa shape index (κ2) is 7.95. The van der Waals surface area contributed by atoms with Crippen LogP contribution in [0.4, 0.5) is 0 Å². The first-order chi connectivity index (χ1) is 12.1. The Morgan fingerprint density at radius 3 is 2.60 bits per heavy atom. The highest BCUT2D eigenvalue weighted by atomic mass is 16.6. The molecule has 1 atom stereocenters. The van der Waals surface area contributed by atoms with Gasteiger partial charge in [-0.2, -0.15) is 0 Å². The van der Waals surface area contributed by atoms with Crippen LogP contribution in [0.3, 0.4) is 0 Å². The van der Waals surface area contributed by atoms with Gasteiger partial charge < -0.3 is 19.1 Å². The maximum Gasteiger partial charge on any atom is 0.239 e. The maximum atomic E-state index is 12.6. The molecule has 25 heavy (non-hydrogen) atoms. The molecule has 3 rings (SSSR count). The number of piperazine rings is 1. The van der Waals surface area contributed by atoms with Crippen molar-refractivity contribution >= 4 is 5.91 Å². The summed E-state index contributed by atoms with van der Waals surface area (Å²) in [5.41, 5.74) is 1.03. The number of nitrogens with zero attached hydrogens (tertiary/aromatic N) is 2. The number of methoxy groups -OCH3 is 1. The molecule has 2 aliphatic rings. The zero-order valence-electron chi connectivity index (χ0n) is 15.4. The summed E-state index contributed by atoms with van der Waals surface area (Å²) in [5, 5.41) is 0. The van der Waals surface area contributed by atoms with Crippen LogP contribution in [-0.4, -0.2) is 62.2 Å². The first-order valence-corrected chi connectivity index (χ1v) is 9.09. The summed E-state index contributed by atoms with van der Waals surface area (Å²) in [5.74, 6) is 2.48. The molecule has 0 radical (unpaired) electrons. The summed E-state index contributed by atoms with van der Waals surface area (Å²) < 4.78 is 16.9. The molecule has 0 aliphatic carbocycles. The summed E-state index contributed by atoms with van der Waals surface area (Å²) in [4.78, 5) is 16.7. The van der Waals surface area contributed by atoms with E-state index in [9.17, 15) is 4.79 Å². The van der Waals surface area contributed by atoms with E-state index in [-0.39, 0.29) is 11.9 Å². The number of benzene rings is 1. The van der Waals surface area contributed by atoms with Crippen molar-refractivity contribution < 1.29 is 19.0 Å². The fourth-order valence-corrected chi connectivity index (χ4v) is 3.49. The van der Waals surface area contributed by atoms with Gasteiger partial charge in [0.1, 0.15) is 19.0 Å². The van der Waals surface area contributed by atoms with Gasteiger partial charge in [0.05, 0.1) is 13.2 Å². The average Bonchev–Trinajstić information content (AvgIpc) is 2.63. The molecule has 0 bridgehead atoms. The molecule has 0 N–H and O–H groups in total. The largest absolute Gasteiger partial charge is 0.496 e. The molecule has 2 aliphatic heterocycles. The van der Waals surface area contributed by atoms with Crippen LogP contribution >= 0.6 is 0 Å². The molecule has 0 unspecified atom stereocenters. The van der Waals surface area contributed by atoms with Gasteiger partial charge in [-0.1, -0.05) is 19.8 Å². The number of hydrogen-bond donors (Lipinski definition) is 0. The topological polar surface area (TPSA) is 51.2 Å². The smallest absolute Gasteiger partial charge is 0.239 e. The molecule has 0 spiro atoms. The number of amides is 1. The van der Waals surface area contributed by atoms with E-state index < -0.39 is 0 Å². The first kappa shape index (κ1) is 17.9. The van der Waals surface area contributed by atoms with Crippen LogP contribution in [-0.2, 0) is 11.3 Å². The lowest BCUT2D eigenvalue weighted by atomic mass is 10.0. The van der Waals surface area contributed by atoms with Crippen molar-refractivity contribution in [1.29, 1.82) is 0 Å². The molecule has 1 aromatic rings. The van der Waals surface area contributed by atoms with Gasteiger partial charge in [0, 0.05) is 38.3 Å². The van der Waals surface area contributed by atoms with Crippen LogP contribution in [0.2, 0.25) is 0 Å². The molecule has 6 nitrogen and oxygen atoms in total. The van der Waals surface area contributed by atoms with E-state index >= 15 is 0 Å². The second-order valence-electron chi connectivity index (χ2n) is 6.70. The maximum absolute atomic E-state index is 12.6. The number of likely N-dealkylation sites (N-methyl/N-ethyl adjacent to an activating group) is 1. The first-order valence-electron chi connectivity index (χ1n) is 9.09. The average molecular weight is 348 g/mol. The predicted molar refractivity (Wildman–Crippen MR) is 95.3 cm³/mol. The Labute approximate surface area is 149 Å². The zero-order chi connectivity index (χ0) is 17.8. The van der Waals surface area contributed by atoms with Crippen LogP contribution in [0.25, 0.3) is 0 Å². The van der Waals surface area contributed by atoms with Gasteiger partial charge in [-0.3, -0.25) is 9.69 Å². The Balaban J connectivity index is 1.82. The van der Waals surface area contributed by atoms with Crippen LogP contribution in [0, 0.1) is 0 Å². The van der Waals surface area contributed by atoms with Crippen molar-refractivity contribution in [2.75, 3.05) is 40.5 Å². The van der Waals surface area contributed by atoms with E-state index in [1.165, 1.54) is 0 Å². The lowest BCUT2D eigenvalue weighted by Gasteiger charge is -2.39. The van der Waals surface area contributed by atoms with Gasteiger partial charge >= 0.3 is 0 Å². The number of unbranched alkanes of at least 4 members (excludes halogenated alkanes) is 1. The van der Waals surface area contributed by atoms with Crippen molar-refractivity contribution in [2.24, 2.45) is 0 Å². The Bertz CT molecular complexity index is 620. The van der Waals surface area contributed by atoms with E-state index in [1.54, 1.807) is 7.11 Å².